The summed E-state index contributed by atoms with van der Waals surface area (Å²) in [4.78, 5) is 9.43. The highest BCUT2D eigenvalue weighted by atomic mass is 16.3. The van der Waals surface area contributed by atoms with Crippen LogP contribution in [0.1, 0.15) is 5.56 Å². The van der Waals surface area contributed by atoms with E-state index < -0.39 is 0 Å². The number of rotatable bonds is 5. The molecule has 0 spiro atoms. The molecule has 0 unspecified atom stereocenters. The maximum absolute atomic E-state index is 11.9. The fraction of sp³-hybridized carbons (Fsp3) is 0. The normalized spacial score (nSPS) is 11.9. The Morgan fingerprint density at radius 2 is 1.04 bits per heavy atom. The molecule has 0 N–H and O–H groups in total. The fourth-order valence-corrected chi connectivity index (χ4v) is 11.2. The van der Waals surface area contributed by atoms with Crippen molar-refractivity contribution >= 4 is 92.8 Å². The van der Waals surface area contributed by atoms with Crippen LogP contribution in [-0.4, -0.2) is 14.1 Å². The summed E-state index contributed by atoms with van der Waals surface area (Å²) >= 11 is 0. The molecule has 0 amide bonds. The lowest BCUT2D eigenvalue weighted by molar-refractivity contribution is 0.669. The molecule has 0 radical (unpaired) electrons. The summed E-state index contributed by atoms with van der Waals surface area (Å²) in [6.07, 6.45) is 3.91. The van der Waals surface area contributed by atoms with Crippen LogP contribution >= 0.6 is 0 Å². The first kappa shape index (κ1) is 36.9. The number of nitriles is 1. The summed E-state index contributed by atoms with van der Waals surface area (Å²) < 4.78 is 10.9. The van der Waals surface area contributed by atoms with Crippen LogP contribution < -0.4 is 0 Å². The Kier molecular flexibility index (Phi) is 7.72. The average molecular weight is 852 g/mol. The molecule has 0 bridgehead atoms. The van der Waals surface area contributed by atoms with E-state index in [1.165, 1.54) is 0 Å². The number of hydrogen-bond donors (Lipinski definition) is 0. The summed E-state index contributed by atoms with van der Waals surface area (Å²) in [6.45, 7) is 9.24. The Morgan fingerprint density at radius 3 is 1.82 bits per heavy atom. The summed E-state index contributed by atoms with van der Waals surface area (Å²) in [6, 6.07) is 67.5. The highest BCUT2D eigenvalue weighted by Gasteiger charge is 2.32. The molecule has 0 atom stereocenters. The fourth-order valence-electron chi connectivity index (χ4n) is 11.2. The number of aromatic nitrogens is 3. The number of benzene rings is 10. The van der Waals surface area contributed by atoms with E-state index in [9.17, 15) is 11.8 Å². The van der Waals surface area contributed by atoms with Crippen molar-refractivity contribution in [3.63, 3.8) is 0 Å². The predicted octanol–water partition coefficient (Wildman–Crippen LogP) is 16.3. The van der Waals surface area contributed by atoms with Crippen LogP contribution in [0.4, 0.5) is 5.69 Å². The van der Waals surface area contributed by atoms with Crippen molar-refractivity contribution in [1.29, 1.82) is 5.26 Å². The quantitative estimate of drug-likeness (QED) is 0.128. The largest absolute Gasteiger partial charge is 0.456 e. The summed E-state index contributed by atoms with van der Waals surface area (Å²) in [5.74, 6) is 0. The van der Waals surface area contributed by atoms with E-state index in [-0.39, 0.29) is 0 Å². The topological polar surface area (TPSA) is 64.0 Å². The molecule has 308 valence electrons. The van der Waals surface area contributed by atoms with E-state index in [1.54, 1.807) is 0 Å². The molecule has 4 heterocycles. The maximum Gasteiger partial charge on any atom is 0.220 e. The molecular formula is C61H33N5O. The lowest BCUT2D eigenvalue weighted by Gasteiger charge is -2.25. The van der Waals surface area contributed by atoms with Crippen LogP contribution in [0.5, 0.6) is 0 Å². The zero-order valence-corrected chi connectivity index (χ0v) is 35.7. The van der Waals surface area contributed by atoms with Crippen molar-refractivity contribution in [2.45, 2.75) is 0 Å². The average Bonchev–Trinajstić information content (AvgIpc) is 4.06. The smallest absolute Gasteiger partial charge is 0.220 e. The highest BCUT2D eigenvalue weighted by molar-refractivity contribution is 6.34. The number of furan rings is 1. The molecule has 4 aromatic heterocycles. The number of hydrogen-bond acceptors (Lipinski definition) is 3. The van der Waals surface area contributed by atoms with Gasteiger partial charge >= 0.3 is 0 Å². The number of nitrogens with zero attached hydrogens (tertiary/aromatic N) is 5. The molecule has 10 aromatic carbocycles. The van der Waals surface area contributed by atoms with Crippen molar-refractivity contribution in [3.05, 3.63) is 217 Å². The second kappa shape index (κ2) is 14.0. The zero-order valence-electron chi connectivity index (χ0n) is 35.7. The SMILES string of the molecule is [C-]#[N+]c1c(-c2ccccc2)c(C#N)c(-n2c3ccccc3c3ccc(-c4cccc5oc6ccccc6c45)cc32)c(-c2ccccc2)c1-n1c2cccc3c4ccccc4c4cncc1c4c32. The second-order valence-electron chi connectivity index (χ2n) is 17.1. The minimum absolute atomic E-state index is 0.386. The van der Waals surface area contributed by atoms with Crippen LogP contribution in [0.15, 0.2) is 205 Å². The summed E-state index contributed by atoms with van der Waals surface area (Å²) in [5.41, 5.74) is 12.6. The third-order valence-electron chi connectivity index (χ3n) is 13.8. The minimum Gasteiger partial charge on any atom is -0.456 e. The van der Waals surface area contributed by atoms with E-state index in [1.807, 2.05) is 79.1 Å². The molecule has 0 saturated heterocycles. The Hall–Kier alpha value is -9.49. The van der Waals surface area contributed by atoms with E-state index in [2.05, 4.69) is 141 Å². The van der Waals surface area contributed by atoms with Gasteiger partial charge in [0.15, 0.2) is 0 Å². The molecule has 6 nitrogen and oxygen atoms in total. The van der Waals surface area contributed by atoms with Crippen LogP contribution in [-0.2, 0) is 0 Å². The molecule has 0 aliphatic heterocycles. The van der Waals surface area contributed by atoms with Crippen molar-refractivity contribution in [2.24, 2.45) is 0 Å². The van der Waals surface area contributed by atoms with Gasteiger partial charge in [0.25, 0.3) is 0 Å². The Labute approximate surface area is 383 Å². The van der Waals surface area contributed by atoms with Crippen LogP contribution in [0.25, 0.3) is 137 Å². The first-order valence-corrected chi connectivity index (χ1v) is 22.3. The molecule has 0 aliphatic carbocycles. The first-order chi connectivity index (χ1) is 33.2. The maximum atomic E-state index is 11.9. The Morgan fingerprint density at radius 1 is 0.448 bits per heavy atom. The standard InChI is InChI=1S/C61H33N5O/c1-63-59-54(36-16-4-2-5-17-36)46(33-62)60(65-48-26-12-10-22-42(48)43-31-30-38(32-50(43)65)39-24-15-29-53-56(39)45-23-11-13-28-52(45)67-53)55(37-18-6-3-7-19-37)61(59)66-49-27-14-25-44-40-20-8-9-21-41(40)47-34-64-35-51(66)58(47)57(44)49/h2-32,34-35H. The number of para-hydroxylation sites is 2. The number of pyridine rings is 1. The second-order valence-corrected chi connectivity index (χ2v) is 17.1. The van der Waals surface area contributed by atoms with Gasteiger partial charge < -0.3 is 13.6 Å². The molecule has 67 heavy (non-hydrogen) atoms. The zero-order chi connectivity index (χ0) is 44.3. The molecule has 6 heteroatoms. The third-order valence-corrected chi connectivity index (χ3v) is 13.8. The van der Waals surface area contributed by atoms with Crippen LogP contribution in [0.3, 0.4) is 0 Å². The van der Waals surface area contributed by atoms with Gasteiger partial charge in [0.05, 0.1) is 51.8 Å². The van der Waals surface area contributed by atoms with Gasteiger partial charge in [-0.05, 0) is 68.7 Å². The van der Waals surface area contributed by atoms with Crippen molar-refractivity contribution < 1.29 is 4.42 Å². The van der Waals surface area contributed by atoms with Crippen LogP contribution in [0.2, 0.25) is 0 Å². The van der Waals surface area contributed by atoms with E-state index >= 15 is 0 Å². The van der Waals surface area contributed by atoms with Crippen molar-refractivity contribution in [1.82, 2.24) is 14.1 Å². The summed E-state index contributed by atoms with van der Waals surface area (Å²) in [7, 11) is 0. The first-order valence-electron chi connectivity index (χ1n) is 22.3. The van der Waals surface area contributed by atoms with Gasteiger partial charge in [-0.25, -0.2) is 4.85 Å². The van der Waals surface area contributed by atoms with Crippen LogP contribution in [0, 0.1) is 17.9 Å². The van der Waals surface area contributed by atoms with E-state index in [0.29, 0.717) is 28.2 Å². The van der Waals surface area contributed by atoms with Gasteiger partial charge in [-0.15, -0.1) is 0 Å². The third kappa shape index (κ3) is 5.04. The molecular weight excluding hydrogens is 819 g/mol. The van der Waals surface area contributed by atoms with Gasteiger partial charge in [0.2, 0.25) is 5.69 Å². The van der Waals surface area contributed by atoms with Gasteiger partial charge in [-0.3, -0.25) is 4.98 Å². The predicted molar refractivity (Wildman–Crippen MR) is 274 cm³/mol. The monoisotopic (exact) mass is 851 g/mol. The van der Waals surface area contributed by atoms with Crippen molar-refractivity contribution in [3.8, 4) is 50.8 Å². The van der Waals surface area contributed by atoms with Crippen molar-refractivity contribution in [2.75, 3.05) is 0 Å². The van der Waals surface area contributed by atoms with Gasteiger partial charge in [-0.2, -0.15) is 5.26 Å². The molecule has 0 fully saturated rings. The molecule has 14 rings (SSSR count). The highest BCUT2D eigenvalue weighted by Crippen LogP contribution is 2.53. The van der Waals surface area contributed by atoms with Gasteiger partial charge in [0, 0.05) is 55.0 Å². The van der Waals surface area contributed by atoms with Gasteiger partial charge in [-0.1, -0.05) is 158 Å². The summed E-state index contributed by atoms with van der Waals surface area (Å²) in [5, 5.41) is 22.7. The minimum atomic E-state index is 0.386. The molecule has 0 aliphatic rings. The number of fused-ring (bicyclic) bond motifs is 9. The van der Waals surface area contributed by atoms with Gasteiger partial charge in [0.1, 0.15) is 17.2 Å². The lowest BCUT2D eigenvalue weighted by atomic mass is 9.88. The van der Waals surface area contributed by atoms with E-state index in [0.717, 1.165) is 115 Å². The lowest BCUT2D eigenvalue weighted by Crippen LogP contribution is -2.08. The Bertz CT molecular complexity index is 4380. The Balaban J connectivity index is 1.21. The van der Waals surface area contributed by atoms with E-state index in [4.69, 9.17) is 9.40 Å². The molecule has 14 aromatic rings. The molecule has 0 saturated carbocycles.